The molecule has 0 bridgehead atoms. The summed E-state index contributed by atoms with van der Waals surface area (Å²) in [5.74, 6) is 0.570. The minimum atomic E-state index is 0.570. The van der Waals surface area contributed by atoms with E-state index in [9.17, 15) is 0 Å². The lowest BCUT2D eigenvalue weighted by molar-refractivity contribution is 0.468. The van der Waals surface area contributed by atoms with E-state index in [4.69, 9.17) is 0 Å². The van der Waals surface area contributed by atoms with Gasteiger partial charge in [0.25, 0.3) is 0 Å². The number of rotatable bonds is 5. The summed E-state index contributed by atoms with van der Waals surface area (Å²) < 4.78 is 0. The van der Waals surface area contributed by atoms with Gasteiger partial charge in [0, 0.05) is 12.4 Å². The molecule has 1 aliphatic heterocycles. The lowest BCUT2D eigenvalue weighted by atomic mass is 9.90. The number of hydrogen-bond donors (Lipinski definition) is 0. The van der Waals surface area contributed by atoms with Gasteiger partial charge in [-0.15, -0.1) is 0 Å². The van der Waals surface area contributed by atoms with E-state index in [1.165, 1.54) is 5.57 Å². The maximum atomic E-state index is 4.25. The molecule has 0 aromatic heterocycles. The van der Waals surface area contributed by atoms with Crippen LogP contribution in [-0.2, 0) is 0 Å². The summed E-state index contributed by atoms with van der Waals surface area (Å²) in [5, 5.41) is 6.05. The Morgan fingerprint density at radius 1 is 1.38 bits per heavy atom. The van der Waals surface area contributed by atoms with Crippen molar-refractivity contribution in [3.63, 3.8) is 0 Å². The zero-order chi connectivity index (χ0) is 12.0. The van der Waals surface area contributed by atoms with Crippen LogP contribution in [0.15, 0.2) is 54.0 Å². The normalized spacial score (nSPS) is 17.8. The summed E-state index contributed by atoms with van der Waals surface area (Å²) in [7, 11) is 0. The number of hydrazone groups is 1. The lowest BCUT2D eigenvalue weighted by Crippen LogP contribution is -2.19. The molecule has 0 spiro atoms. The second-order valence-corrected chi connectivity index (χ2v) is 3.71. The standard InChI is InChI=1S/C14H20N2/c1-5-9-14-13(12(6-2)7-3)10-11-15-16(14)8-4/h5,8-12H,1,4,6-7H2,2-3H3/b14-9-. The molecule has 16 heavy (non-hydrogen) atoms. The van der Waals surface area contributed by atoms with Crippen LogP contribution in [0.3, 0.4) is 0 Å². The molecular formula is C14H20N2. The molecule has 0 aliphatic carbocycles. The van der Waals surface area contributed by atoms with Gasteiger partial charge in [-0.3, -0.25) is 0 Å². The van der Waals surface area contributed by atoms with Gasteiger partial charge in [-0.2, -0.15) is 5.10 Å². The van der Waals surface area contributed by atoms with E-state index in [0.29, 0.717) is 5.92 Å². The summed E-state index contributed by atoms with van der Waals surface area (Å²) in [6, 6.07) is 0. The first kappa shape index (κ1) is 12.5. The summed E-state index contributed by atoms with van der Waals surface area (Å²) in [6.45, 7) is 12.0. The molecule has 0 atom stereocenters. The molecule has 0 amide bonds. The van der Waals surface area contributed by atoms with Gasteiger partial charge in [0.15, 0.2) is 0 Å². The predicted octanol–water partition coefficient (Wildman–Crippen LogP) is 3.86. The van der Waals surface area contributed by atoms with Crippen molar-refractivity contribution in [1.82, 2.24) is 5.01 Å². The average Bonchev–Trinajstić information content (AvgIpc) is 2.32. The van der Waals surface area contributed by atoms with E-state index in [0.717, 1.165) is 18.5 Å². The quantitative estimate of drug-likeness (QED) is 0.681. The average molecular weight is 216 g/mol. The number of hydrogen-bond acceptors (Lipinski definition) is 2. The Labute approximate surface area is 98.3 Å². The molecule has 2 heteroatoms. The Kier molecular flexibility index (Phi) is 4.77. The SMILES string of the molecule is C=C/C=C1/C(C(CC)CC)=CC=NN1C=C. The topological polar surface area (TPSA) is 15.6 Å². The lowest BCUT2D eigenvalue weighted by Gasteiger charge is -2.27. The van der Waals surface area contributed by atoms with Crippen molar-refractivity contribution >= 4 is 6.21 Å². The predicted molar refractivity (Wildman–Crippen MR) is 71.0 cm³/mol. The van der Waals surface area contributed by atoms with E-state index in [1.807, 2.05) is 12.3 Å². The Hall–Kier alpha value is -1.57. The van der Waals surface area contributed by atoms with E-state index in [-0.39, 0.29) is 0 Å². The molecule has 0 saturated carbocycles. The van der Waals surface area contributed by atoms with Crippen LogP contribution >= 0.6 is 0 Å². The van der Waals surface area contributed by atoms with Crippen molar-refractivity contribution in [3.05, 3.63) is 48.9 Å². The Bertz CT molecular complexity index is 344. The van der Waals surface area contributed by atoms with Crippen LogP contribution in [0.5, 0.6) is 0 Å². The highest BCUT2D eigenvalue weighted by Gasteiger charge is 2.19. The van der Waals surface area contributed by atoms with Crippen LogP contribution in [0.4, 0.5) is 0 Å². The fraction of sp³-hybridized carbons (Fsp3) is 0.357. The van der Waals surface area contributed by atoms with Gasteiger partial charge in [0.2, 0.25) is 0 Å². The highest BCUT2D eigenvalue weighted by Crippen LogP contribution is 2.30. The summed E-state index contributed by atoms with van der Waals surface area (Å²) >= 11 is 0. The number of nitrogens with zero attached hydrogens (tertiary/aromatic N) is 2. The smallest absolute Gasteiger partial charge is 0.0680 e. The Morgan fingerprint density at radius 2 is 2.06 bits per heavy atom. The van der Waals surface area contributed by atoms with Gasteiger partial charge < -0.3 is 0 Å². The van der Waals surface area contributed by atoms with Crippen molar-refractivity contribution in [2.45, 2.75) is 26.7 Å². The van der Waals surface area contributed by atoms with Crippen LogP contribution < -0.4 is 0 Å². The van der Waals surface area contributed by atoms with E-state index in [1.54, 1.807) is 17.3 Å². The molecule has 1 heterocycles. The molecule has 0 fully saturated rings. The van der Waals surface area contributed by atoms with E-state index in [2.05, 4.69) is 38.2 Å². The maximum Gasteiger partial charge on any atom is 0.0680 e. The summed E-state index contributed by atoms with van der Waals surface area (Å²) in [6.07, 6.45) is 11.7. The summed E-state index contributed by atoms with van der Waals surface area (Å²) in [4.78, 5) is 0. The van der Waals surface area contributed by atoms with E-state index >= 15 is 0 Å². The molecule has 0 saturated heterocycles. The first-order valence-electron chi connectivity index (χ1n) is 5.77. The first-order chi connectivity index (χ1) is 7.78. The van der Waals surface area contributed by atoms with E-state index < -0.39 is 0 Å². The zero-order valence-electron chi connectivity index (χ0n) is 10.2. The third-order valence-corrected chi connectivity index (χ3v) is 2.86. The zero-order valence-corrected chi connectivity index (χ0v) is 10.2. The molecule has 0 N–H and O–H groups in total. The second kappa shape index (κ2) is 6.11. The van der Waals surface area contributed by atoms with Gasteiger partial charge in [-0.05, 0) is 36.5 Å². The molecule has 0 radical (unpaired) electrons. The van der Waals surface area contributed by atoms with Crippen molar-refractivity contribution in [2.75, 3.05) is 0 Å². The molecular weight excluding hydrogens is 196 g/mol. The van der Waals surface area contributed by atoms with Crippen LogP contribution in [0.1, 0.15) is 26.7 Å². The maximum absolute atomic E-state index is 4.25. The van der Waals surface area contributed by atoms with Crippen LogP contribution in [0.25, 0.3) is 0 Å². The first-order valence-corrected chi connectivity index (χ1v) is 5.77. The molecule has 0 aromatic carbocycles. The van der Waals surface area contributed by atoms with Crippen LogP contribution in [0, 0.1) is 5.92 Å². The largest absolute Gasteiger partial charge is 0.241 e. The van der Waals surface area contributed by atoms with Gasteiger partial charge in [-0.1, -0.05) is 33.1 Å². The minimum Gasteiger partial charge on any atom is -0.241 e. The monoisotopic (exact) mass is 216 g/mol. The van der Waals surface area contributed by atoms with Crippen molar-refractivity contribution in [1.29, 1.82) is 0 Å². The molecule has 1 aliphatic rings. The molecule has 0 unspecified atom stereocenters. The van der Waals surface area contributed by atoms with Gasteiger partial charge in [0.05, 0.1) is 5.70 Å². The minimum absolute atomic E-state index is 0.570. The van der Waals surface area contributed by atoms with Crippen LogP contribution in [0.2, 0.25) is 0 Å². The van der Waals surface area contributed by atoms with Crippen molar-refractivity contribution in [3.8, 4) is 0 Å². The van der Waals surface area contributed by atoms with Gasteiger partial charge in [-0.25, -0.2) is 5.01 Å². The fourth-order valence-corrected chi connectivity index (χ4v) is 1.97. The van der Waals surface area contributed by atoms with Crippen molar-refractivity contribution < 1.29 is 0 Å². The summed E-state index contributed by atoms with van der Waals surface area (Å²) in [5.41, 5.74) is 2.40. The highest BCUT2D eigenvalue weighted by molar-refractivity contribution is 5.75. The third kappa shape index (κ3) is 2.51. The van der Waals surface area contributed by atoms with Gasteiger partial charge >= 0.3 is 0 Å². The second-order valence-electron chi connectivity index (χ2n) is 3.71. The van der Waals surface area contributed by atoms with Crippen molar-refractivity contribution in [2.24, 2.45) is 11.0 Å². The highest BCUT2D eigenvalue weighted by atomic mass is 15.4. The number of allylic oxidation sites excluding steroid dienone is 4. The van der Waals surface area contributed by atoms with Gasteiger partial charge in [0.1, 0.15) is 0 Å². The molecule has 2 nitrogen and oxygen atoms in total. The molecule has 1 rings (SSSR count). The fourth-order valence-electron chi connectivity index (χ4n) is 1.97. The van der Waals surface area contributed by atoms with Crippen LogP contribution in [-0.4, -0.2) is 11.2 Å². The third-order valence-electron chi connectivity index (χ3n) is 2.86. The Balaban J connectivity index is 3.09. The Morgan fingerprint density at radius 3 is 2.56 bits per heavy atom. The molecule has 86 valence electrons. The molecule has 0 aromatic rings.